The highest BCUT2D eigenvalue weighted by Gasteiger charge is 2.45. The van der Waals surface area contributed by atoms with Crippen LogP contribution in [0.15, 0.2) is 60.2 Å². The maximum absolute atomic E-state index is 12.2. The first kappa shape index (κ1) is 27.4. The van der Waals surface area contributed by atoms with Gasteiger partial charge in [0.25, 0.3) is 0 Å². The smallest absolute Gasteiger partial charge is 0.330 e. The van der Waals surface area contributed by atoms with Crippen molar-refractivity contribution in [3.8, 4) is 11.5 Å². The lowest BCUT2D eigenvalue weighted by molar-refractivity contribution is -0.278. The monoisotopic (exact) mass is 537 g/mol. The van der Waals surface area contributed by atoms with Crippen LogP contribution in [0.3, 0.4) is 0 Å². The van der Waals surface area contributed by atoms with Crippen LogP contribution in [-0.2, 0) is 14.3 Å². The van der Waals surface area contributed by atoms with E-state index in [1.165, 1.54) is 48.3 Å². The summed E-state index contributed by atoms with van der Waals surface area (Å²) >= 11 is 0. The predicted octanol–water partition coefficient (Wildman–Crippen LogP) is 2.48. The highest BCUT2D eigenvalue weighted by Crippen LogP contribution is 2.35. The number of aromatic hydroxyl groups is 1. The summed E-state index contributed by atoms with van der Waals surface area (Å²) < 4.78 is 16.7. The number of phenolic OH excluding ortho intramolecular Hbond substituents is 1. The van der Waals surface area contributed by atoms with Gasteiger partial charge in [0.05, 0.1) is 0 Å². The van der Waals surface area contributed by atoms with Crippen molar-refractivity contribution >= 4 is 17.6 Å². The second kappa shape index (κ2) is 11.9. The zero-order valence-corrected chi connectivity index (χ0v) is 21.8. The van der Waals surface area contributed by atoms with Crippen LogP contribution in [-0.4, -0.2) is 87.7 Å². The molecule has 0 radical (unpaired) electrons. The fourth-order valence-corrected chi connectivity index (χ4v) is 5.47. The standard InChI is InChI=1S/C30H35NO8/c1-18-15-21-3-2-14-31(21)16-24(18)20-7-11-23(12-8-20)38-30-29(36)28(35)27(34)25(39-30)17-37-26(33)13-6-19-4-9-22(32)10-5-19/h4-13,21,25,27-30,32,34-36H,2-3,14-17H2,1H3/b13-6-/t21-,25+,27+,28-,29+,30+/m0/s1. The van der Waals surface area contributed by atoms with Crippen molar-refractivity contribution in [1.82, 2.24) is 4.90 Å². The van der Waals surface area contributed by atoms with E-state index in [4.69, 9.17) is 14.2 Å². The number of nitrogens with zero attached hydrogens (tertiary/aromatic N) is 1. The summed E-state index contributed by atoms with van der Waals surface area (Å²) in [6.45, 7) is 3.92. The lowest BCUT2D eigenvalue weighted by Gasteiger charge is -2.39. The molecule has 0 aromatic heterocycles. The Morgan fingerprint density at radius 1 is 1.05 bits per heavy atom. The van der Waals surface area contributed by atoms with E-state index in [2.05, 4.69) is 11.8 Å². The van der Waals surface area contributed by atoms with E-state index in [-0.39, 0.29) is 12.4 Å². The molecular weight excluding hydrogens is 502 g/mol. The highest BCUT2D eigenvalue weighted by molar-refractivity contribution is 5.87. The Balaban J connectivity index is 1.18. The molecule has 3 aliphatic heterocycles. The van der Waals surface area contributed by atoms with Crippen molar-refractivity contribution in [3.63, 3.8) is 0 Å². The Labute approximate surface area is 227 Å². The van der Waals surface area contributed by atoms with Gasteiger partial charge in [-0.1, -0.05) is 29.8 Å². The van der Waals surface area contributed by atoms with Crippen molar-refractivity contribution in [2.75, 3.05) is 19.7 Å². The molecule has 3 heterocycles. The van der Waals surface area contributed by atoms with E-state index in [9.17, 15) is 25.2 Å². The van der Waals surface area contributed by atoms with Crippen molar-refractivity contribution in [3.05, 3.63) is 71.3 Å². The Kier molecular flexibility index (Phi) is 8.34. The van der Waals surface area contributed by atoms with Gasteiger partial charge in [0.15, 0.2) is 0 Å². The number of hydrogen-bond acceptors (Lipinski definition) is 9. The number of aliphatic hydroxyl groups excluding tert-OH is 3. The molecule has 0 amide bonds. The maximum atomic E-state index is 12.2. The number of rotatable bonds is 7. The third-order valence-electron chi connectivity index (χ3n) is 7.74. The lowest BCUT2D eigenvalue weighted by Crippen LogP contribution is -2.60. The third kappa shape index (κ3) is 6.34. The molecule has 9 nitrogen and oxygen atoms in total. The van der Waals surface area contributed by atoms with Crippen LogP contribution in [0.1, 0.15) is 37.3 Å². The molecule has 0 unspecified atom stereocenters. The summed E-state index contributed by atoms with van der Waals surface area (Å²) in [5.41, 5.74) is 4.54. The summed E-state index contributed by atoms with van der Waals surface area (Å²) in [7, 11) is 0. The number of ether oxygens (including phenoxy) is 3. The van der Waals surface area contributed by atoms with Gasteiger partial charge in [-0.05, 0) is 79.8 Å². The molecule has 208 valence electrons. The maximum Gasteiger partial charge on any atom is 0.330 e. The van der Waals surface area contributed by atoms with Crippen molar-refractivity contribution < 1.29 is 39.4 Å². The van der Waals surface area contributed by atoms with Gasteiger partial charge in [-0.2, -0.15) is 0 Å². The van der Waals surface area contributed by atoms with Crippen molar-refractivity contribution in [2.24, 2.45) is 0 Å². The van der Waals surface area contributed by atoms with Crippen LogP contribution in [0.2, 0.25) is 0 Å². The first-order valence-corrected chi connectivity index (χ1v) is 13.3. The minimum atomic E-state index is -1.55. The van der Waals surface area contributed by atoms with Gasteiger partial charge in [-0.3, -0.25) is 4.90 Å². The first-order chi connectivity index (χ1) is 18.8. The number of esters is 1. The molecule has 0 bridgehead atoms. The largest absolute Gasteiger partial charge is 0.508 e. The average molecular weight is 538 g/mol. The molecular formula is C30H35NO8. The topological polar surface area (TPSA) is 129 Å². The van der Waals surface area contributed by atoms with E-state index >= 15 is 0 Å². The molecule has 2 fully saturated rings. The van der Waals surface area contributed by atoms with E-state index in [1.54, 1.807) is 24.3 Å². The van der Waals surface area contributed by atoms with Crippen LogP contribution < -0.4 is 4.74 Å². The number of fused-ring (bicyclic) bond motifs is 1. The first-order valence-electron chi connectivity index (χ1n) is 13.3. The number of hydrogen-bond donors (Lipinski definition) is 4. The average Bonchev–Trinajstić information content (AvgIpc) is 3.39. The molecule has 5 rings (SSSR count). The summed E-state index contributed by atoms with van der Waals surface area (Å²) in [6, 6.07) is 14.5. The van der Waals surface area contributed by atoms with Gasteiger partial charge in [0.1, 0.15) is 42.5 Å². The van der Waals surface area contributed by atoms with Gasteiger partial charge in [0.2, 0.25) is 6.29 Å². The van der Waals surface area contributed by atoms with Crippen LogP contribution in [0, 0.1) is 0 Å². The second-order valence-corrected chi connectivity index (χ2v) is 10.4. The molecule has 2 aromatic rings. The summed E-state index contributed by atoms with van der Waals surface area (Å²) in [5.74, 6) is -0.129. The fourth-order valence-electron chi connectivity index (χ4n) is 5.47. The Hall–Kier alpha value is -3.21. The molecule has 4 N–H and O–H groups in total. The summed E-state index contributed by atoms with van der Waals surface area (Å²) in [6.07, 6.45) is -0.594. The van der Waals surface area contributed by atoms with E-state index in [0.717, 1.165) is 25.1 Å². The minimum Gasteiger partial charge on any atom is -0.508 e. The van der Waals surface area contributed by atoms with Gasteiger partial charge < -0.3 is 34.6 Å². The Bertz CT molecular complexity index is 1210. The number of carbonyl (C=O) groups is 1. The highest BCUT2D eigenvalue weighted by atomic mass is 16.7. The van der Waals surface area contributed by atoms with Gasteiger partial charge in [-0.25, -0.2) is 4.79 Å². The molecule has 0 saturated carbocycles. The molecule has 2 saturated heterocycles. The molecule has 0 aliphatic carbocycles. The van der Waals surface area contributed by atoms with Gasteiger partial charge in [-0.15, -0.1) is 0 Å². The number of carbonyl (C=O) groups excluding carboxylic acids is 1. The summed E-state index contributed by atoms with van der Waals surface area (Å²) in [4.78, 5) is 14.7. The van der Waals surface area contributed by atoms with Crippen molar-refractivity contribution in [2.45, 2.75) is 62.9 Å². The molecule has 3 aliphatic rings. The SMILES string of the molecule is CC1=C(c2ccc(O[C@@H]3O[C@H](COC(=O)/C=C\c4ccc(O)cc4)[C@@H](O)[C@H](O)[C@H]3O)cc2)CN2CCC[C@H]2C1. The van der Waals surface area contributed by atoms with Crippen LogP contribution in [0.25, 0.3) is 11.6 Å². The van der Waals surface area contributed by atoms with E-state index < -0.39 is 36.7 Å². The lowest BCUT2D eigenvalue weighted by atomic mass is 9.91. The fraction of sp³-hybridized carbons (Fsp3) is 0.433. The molecule has 39 heavy (non-hydrogen) atoms. The van der Waals surface area contributed by atoms with Gasteiger partial charge >= 0.3 is 5.97 Å². The third-order valence-corrected chi connectivity index (χ3v) is 7.74. The van der Waals surface area contributed by atoms with Crippen LogP contribution >= 0.6 is 0 Å². The number of phenols is 1. The van der Waals surface area contributed by atoms with Crippen molar-refractivity contribution in [1.29, 1.82) is 0 Å². The molecule has 0 spiro atoms. The number of aliphatic hydroxyl groups is 3. The quantitative estimate of drug-likeness (QED) is 0.311. The zero-order valence-electron chi connectivity index (χ0n) is 21.8. The van der Waals surface area contributed by atoms with E-state index in [0.29, 0.717) is 17.4 Å². The van der Waals surface area contributed by atoms with Crippen LogP contribution in [0.5, 0.6) is 11.5 Å². The normalized spacial score (nSPS) is 29.4. The predicted molar refractivity (Wildman–Crippen MR) is 144 cm³/mol. The molecule has 2 aromatic carbocycles. The zero-order chi connectivity index (χ0) is 27.5. The van der Waals surface area contributed by atoms with E-state index in [1.807, 2.05) is 12.1 Å². The Morgan fingerprint density at radius 2 is 1.79 bits per heavy atom. The Morgan fingerprint density at radius 3 is 2.54 bits per heavy atom. The van der Waals surface area contributed by atoms with Gasteiger partial charge in [0, 0.05) is 18.7 Å². The number of benzene rings is 2. The molecule has 9 heteroatoms. The second-order valence-electron chi connectivity index (χ2n) is 10.4. The molecule has 6 atom stereocenters. The van der Waals surface area contributed by atoms with Crippen LogP contribution in [0.4, 0.5) is 0 Å². The minimum absolute atomic E-state index is 0.114. The summed E-state index contributed by atoms with van der Waals surface area (Å²) in [5, 5.41) is 40.6.